The van der Waals surface area contributed by atoms with E-state index in [4.69, 9.17) is 5.11 Å². The van der Waals surface area contributed by atoms with Crippen molar-refractivity contribution < 1.29 is 24.9 Å². The van der Waals surface area contributed by atoms with Crippen LogP contribution in [-0.4, -0.2) is 45.4 Å². The second-order valence-corrected chi connectivity index (χ2v) is 4.54. The number of amides is 1. The first-order valence-corrected chi connectivity index (χ1v) is 5.38. The number of carbonyl (C=O) groups excluding carboxylic acids is 1. The first-order chi connectivity index (χ1) is 8.33. The van der Waals surface area contributed by atoms with Crippen LogP contribution in [-0.2, 0) is 4.79 Å². The average Bonchev–Trinajstić information content (AvgIpc) is 2.53. The molecule has 1 amide bonds. The highest BCUT2D eigenvalue weighted by Gasteiger charge is 2.47. The van der Waals surface area contributed by atoms with Gasteiger partial charge in [-0.2, -0.15) is 0 Å². The number of aliphatic hydroxyl groups is 2. The zero-order chi connectivity index (χ0) is 13.5. The van der Waals surface area contributed by atoms with Crippen LogP contribution in [0.15, 0.2) is 24.3 Å². The molecule has 1 heterocycles. The van der Waals surface area contributed by atoms with Crippen LogP contribution in [0.1, 0.15) is 17.3 Å². The second-order valence-electron chi connectivity index (χ2n) is 4.54. The van der Waals surface area contributed by atoms with Gasteiger partial charge in [0.15, 0.2) is 6.10 Å². The third-order valence-electron chi connectivity index (χ3n) is 2.97. The van der Waals surface area contributed by atoms with Crippen LogP contribution in [0.4, 0.5) is 5.69 Å². The molecule has 1 aliphatic heterocycles. The Balaban J connectivity index is 2.36. The molecule has 0 spiro atoms. The van der Waals surface area contributed by atoms with Crippen molar-refractivity contribution in [3.63, 3.8) is 0 Å². The molecule has 96 valence electrons. The van der Waals surface area contributed by atoms with Crippen molar-refractivity contribution in [3.05, 3.63) is 29.8 Å². The summed E-state index contributed by atoms with van der Waals surface area (Å²) in [6.45, 7) is 1.28. The lowest BCUT2D eigenvalue weighted by atomic mass is 10.0. The van der Waals surface area contributed by atoms with Crippen molar-refractivity contribution in [2.45, 2.75) is 18.6 Å². The largest absolute Gasteiger partial charge is 0.478 e. The van der Waals surface area contributed by atoms with E-state index in [1.54, 1.807) is 6.07 Å². The molecule has 2 rings (SSSR count). The molecular weight excluding hydrogens is 238 g/mol. The van der Waals surface area contributed by atoms with Gasteiger partial charge < -0.3 is 20.2 Å². The summed E-state index contributed by atoms with van der Waals surface area (Å²) in [4.78, 5) is 23.8. The number of hydrogen-bond acceptors (Lipinski definition) is 4. The first-order valence-electron chi connectivity index (χ1n) is 5.38. The van der Waals surface area contributed by atoms with Gasteiger partial charge >= 0.3 is 5.97 Å². The number of hydrogen-bond donors (Lipinski definition) is 3. The molecule has 1 aliphatic rings. The molecule has 18 heavy (non-hydrogen) atoms. The van der Waals surface area contributed by atoms with E-state index in [0.717, 1.165) is 0 Å². The first kappa shape index (κ1) is 12.5. The Kier molecular flexibility index (Phi) is 2.84. The van der Waals surface area contributed by atoms with E-state index in [0.29, 0.717) is 5.69 Å². The van der Waals surface area contributed by atoms with Crippen LogP contribution in [0.5, 0.6) is 0 Å². The highest BCUT2D eigenvalue weighted by molar-refractivity contribution is 6.01. The van der Waals surface area contributed by atoms with Gasteiger partial charge in [-0.1, -0.05) is 6.07 Å². The number of benzene rings is 1. The maximum Gasteiger partial charge on any atom is 0.335 e. The van der Waals surface area contributed by atoms with Gasteiger partial charge in [-0.3, -0.25) is 4.79 Å². The normalized spacial score (nSPS) is 27.6. The summed E-state index contributed by atoms with van der Waals surface area (Å²) >= 11 is 0. The van der Waals surface area contributed by atoms with Crippen LogP contribution in [0, 0.1) is 0 Å². The van der Waals surface area contributed by atoms with Crippen molar-refractivity contribution >= 4 is 17.6 Å². The minimum absolute atomic E-state index is 0.0429. The topological polar surface area (TPSA) is 98.1 Å². The van der Waals surface area contributed by atoms with Gasteiger partial charge in [-0.25, -0.2) is 4.79 Å². The average molecular weight is 251 g/mol. The van der Waals surface area contributed by atoms with Crippen molar-refractivity contribution in [2.75, 3.05) is 11.4 Å². The number of carboxylic acids is 1. The highest BCUT2D eigenvalue weighted by atomic mass is 16.4. The van der Waals surface area contributed by atoms with E-state index in [1.807, 2.05) is 0 Å². The fraction of sp³-hybridized carbons (Fsp3) is 0.333. The zero-order valence-electron chi connectivity index (χ0n) is 9.70. The Morgan fingerprint density at radius 3 is 2.67 bits per heavy atom. The zero-order valence-corrected chi connectivity index (χ0v) is 9.70. The van der Waals surface area contributed by atoms with Gasteiger partial charge in [-0.05, 0) is 25.1 Å². The number of nitrogens with zero attached hydrogens (tertiary/aromatic N) is 1. The van der Waals surface area contributed by atoms with Crippen molar-refractivity contribution in [3.8, 4) is 0 Å². The predicted octanol–water partition coefficient (Wildman–Crippen LogP) is -0.157. The lowest BCUT2D eigenvalue weighted by Gasteiger charge is -2.19. The molecule has 0 saturated carbocycles. The maximum absolute atomic E-state index is 11.8. The van der Waals surface area contributed by atoms with Gasteiger partial charge in [0.05, 0.1) is 12.1 Å². The van der Waals surface area contributed by atoms with Gasteiger partial charge in [0.25, 0.3) is 5.91 Å². The number of carboxylic acid groups (broad SMARTS) is 1. The van der Waals surface area contributed by atoms with Crippen LogP contribution in [0.25, 0.3) is 0 Å². The summed E-state index contributed by atoms with van der Waals surface area (Å²) < 4.78 is 0. The lowest BCUT2D eigenvalue weighted by Crippen LogP contribution is -2.39. The van der Waals surface area contributed by atoms with Crippen LogP contribution in [0.2, 0.25) is 0 Å². The van der Waals surface area contributed by atoms with Crippen LogP contribution in [0.3, 0.4) is 0 Å². The molecule has 2 atom stereocenters. The minimum atomic E-state index is -1.53. The second kappa shape index (κ2) is 4.08. The highest BCUT2D eigenvalue weighted by Crippen LogP contribution is 2.28. The van der Waals surface area contributed by atoms with Gasteiger partial charge in [0, 0.05) is 5.69 Å². The van der Waals surface area contributed by atoms with Crippen LogP contribution < -0.4 is 4.90 Å². The smallest absolute Gasteiger partial charge is 0.335 e. The van der Waals surface area contributed by atoms with E-state index < -0.39 is 23.6 Å². The van der Waals surface area contributed by atoms with Crippen molar-refractivity contribution in [2.24, 2.45) is 0 Å². The number of carbonyl (C=O) groups is 2. The number of β-amino-alcohol motifs (C(OH)–C–C–N with tert-alkyl or cyclic N) is 1. The third-order valence-corrected chi connectivity index (χ3v) is 2.97. The number of aromatic carboxylic acids is 1. The van der Waals surface area contributed by atoms with Gasteiger partial charge in [0.1, 0.15) is 5.60 Å². The molecule has 0 aromatic heterocycles. The summed E-state index contributed by atoms with van der Waals surface area (Å²) in [6, 6.07) is 5.79. The Morgan fingerprint density at radius 1 is 1.50 bits per heavy atom. The fourth-order valence-electron chi connectivity index (χ4n) is 1.92. The molecule has 1 aromatic carbocycles. The molecule has 6 nitrogen and oxygen atoms in total. The molecule has 3 N–H and O–H groups in total. The summed E-state index contributed by atoms with van der Waals surface area (Å²) in [5, 5.41) is 28.3. The molecule has 0 unspecified atom stereocenters. The van der Waals surface area contributed by atoms with E-state index in [9.17, 15) is 19.8 Å². The Morgan fingerprint density at radius 2 is 2.17 bits per heavy atom. The van der Waals surface area contributed by atoms with E-state index in [1.165, 1.54) is 30.0 Å². The molecule has 1 fully saturated rings. The quantitative estimate of drug-likeness (QED) is 0.678. The lowest BCUT2D eigenvalue weighted by molar-refractivity contribution is -0.130. The third kappa shape index (κ3) is 1.96. The summed E-state index contributed by atoms with van der Waals surface area (Å²) in [5.74, 6) is -1.74. The molecule has 0 aliphatic carbocycles. The minimum Gasteiger partial charge on any atom is -0.478 e. The standard InChI is InChI=1S/C12H13NO5/c1-12(18)6-13(10(15)9(12)14)8-4-2-3-7(5-8)11(16)17/h2-5,9,14,18H,6H2,1H3,(H,16,17)/t9-,12+/m0/s1. The van der Waals surface area contributed by atoms with Crippen LogP contribution >= 0.6 is 0 Å². The molecular formula is C12H13NO5. The Labute approximate surface area is 103 Å². The molecule has 0 bridgehead atoms. The molecule has 6 heteroatoms. The molecule has 1 aromatic rings. The maximum atomic E-state index is 11.8. The van der Waals surface area contributed by atoms with E-state index in [-0.39, 0.29) is 12.1 Å². The van der Waals surface area contributed by atoms with E-state index in [2.05, 4.69) is 0 Å². The Hall–Kier alpha value is -1.92. The summed E-state index contributed by atoms with van der Waals surface area (Å²) in [6.07, 6.45) is -1.49. The van der Waals surface area contributed by atoms with Gasteiger partial charge in [0.2, 0.25) is 0 Å². The predicted molar refractivity (Wildman–Crippen MR) is 62.4 cm³/mol. The SMILES string of the molecule is C[C@@]1(O)CN(c2cccc(C(=O)O)c2)C(=O)[C@@H]1O. The number of rotatable bonds is 2. The Bertz CT molecular complexity index is 511. The van der Waals surface area contributed by atoms with Crippen molar-refractivity contribution in [1.29, 1.82) is 0 Å². The van der Waals surface area contributed by atoms with Gasteiger partial charge in [-0.15, -0.1) is 0 Å². The summed E-state index contributed by atoms with van der Waals surface area (Å²) in [7, 11) is 0. The van der Waals surface area contributed by atoms with E-state index >= 15 is 0 Å². The summed E-state index contributed by atoms with van der Waals surface area (Å²) in [5.41, 5.74) is -1.14. The fourth-order valence-corrected chi connectivity index (χ4v) is 1.92. The molecule has 0 radical (unpaired) electrons. The number of anilines is 1. The molecule has 1 saturated heterocycles. The van der Waals surface area contributed by atoms with Crippen molar-refractivity contribution in [1.82, 2.24) is 0 Å². The monoisotopic (exact) mass is 251 g/mol. The number of aliphatic hydroxyl groups excluding tert-OH is 1.